The summed E-state index contributed by atoms with van der Waals surface area (Å²) >= 11 is 1.19. The molecule has 0 bridgehead atoms. The van der Waals surface area contributed by atoms with E-state index in [1.54, 1.807) is 11.6 Å². The average Bonchev–Trinajstić information content (AvgIpc) is 3.22. The Hall–Kier alpha value is -2.88. The Balaban J connectivity index is 1.60. The van der Waals surface area contributed by atoms with Crippen LogP contribution in [0.4, 0.5) is 29.8 Å². The molecular formula is C19H18F3N5OS. The standard InChI is InChI=1S/C19H18F3N5OS/c1-18(2)6-10-4-13(24-8-15(10)28-18)14-9-29-17(26-14)27-16-12(19(20,21)22)5-11(23-3)7-25-16/h4-5,7-9,23H,6H2,1-3H3,(H,25,26,27). The van der Waals surface area contributed by atoms with Gasteiger partial charge in [0.15, 0.2) is 5.13 Å². The van der Waals surface area contributed by atoms with E-state index in [2.05, 4.69) is 25.6 Å². The second-order valence-corrected chi connectivity index (χ2v) is 8.10. The summed E-state index contributed by atoms with van der Waals surface area (Å²) in [5, 5.41) is 7.39. The van der Waals surface area contributed by atoms with Gasteiger partial charge in [-0.1, -0.05) is 0 Å². The van der Waals surface area contributed by atoms with Crippen LogP contribution in [0.15, 0.2) is 29.9 Å². The number of pyridine rings is 2. The van der Waals surface area contributed by atoms with Gasteiger partial charge in [0.05, 0.1) is 23.8 Å². The molecule has 152 valence electrons. The van der Waals surface area contributed by atoms with Crippen molar-refractivity contribution >= 4 is 28.0 Å². The summed E-state index contributed by atoms with van der Waals surface area (Å²) < 4.78 is 46.0. The highest BCUT2D eigenvalue weighted by Crippen LogP contribution is 2.38. The lowest BCUT2D eigenvalue weighted by Gasteiger charge is -2.16. The Kier molecular flexibility index (Phi) is 4.60. The van der Waals surface area contributed by atoms with E-state index in [1.807, 2.05) is 19.9 Å². The van der Waals surface area contributed by atoms with Crippen LogP contribution in [0.2, 0.25) is 0 Å². The molecule has 29 heavy (non-hydrogen) atoms. The van der Waals surface area contributed by atoms with Crippen LogP contribution in [-0.2, 0) is 12.6 Å². The van der Waals surface area contributed by atoms with Gasteiger partial charge >= 0.3 is 6.18 Å². The van der Waals surface area contributed by atoms with Gasteiger partial charge in [-0.25, -0.2) is 9.97 Å². The molecule has 0 unspecified atom stereocenters. The first-order valence-electron chi connectivity index (χ1n) is 8.80. The monoisotopic (exact) mass is 421 g/mol. The van der Waals surface area contributed by atoms with E-state index in [4.69, 9.17) is 4.74 Å². The number of nitrogens with zero attached hydrogens (tertiary/aromatic N) is 3. The molecule has 10 heteroatoms. The van der Waals surface area contributed by atoms with E-state index in [1.165, 1.54) is 24.6 Å². The molecule has 6 nitrogen and oxygen atoms in total. The van der Waals surface area contributed by atoms with Gasteiger partial charge in [-0.05, 0) is 26.0 Å². The molecule has 0 aliphatic carbocycles. The zero-order chi connectivity index (χ0) is 20.8. The summed E-state index contributed by atoms with van der Waals surface area (Å²) in [5.41, 5.74) is 1.38. The SMILES string of the molecule is CNc1cnc(Nc2nc(-c3cc4c(cn3)OC(C)(C)C4)cs2)c(C(F)(F)F)c1. The first kappa shape index (κ1) is 19.4. The summed E-state index contributed by atoms with van der Waals surface area (Å²) in [6.45, 7) is 4.00. The molecular weight excluding hydrogens is 403 g/mol. The molecule has 0 fully saturated rings. The minimum atomic E-state index is -4.55. The summed E-state index contributed by atoms with van der Waals surface area (Å²) in [6, 6.07) is 2.91. The van der Waals surface area contributed by atoms with Gasteiger partial charge < -0.3 is 15.4 Å². The first-order chi connectivity index (χ1) is 13.6. The van der Waals surface area contributed by atoms with Crippen LogP contribution >= 0.6 is 11.3 Å². The number of ether oxygens (including phenoxy) is 1. The van der Waals surface area contributed by atoms with E-state index >= 15 is 0 Å². The molecule has 4 rings (SSSR count). The second kappa shape index (κ2) is 6.87. The lowest BCUT2D eigenvalue weighted by atomic mass is 10.0. The van der Waals surface area contributed by atoms with Crippen molar-refractivity contribution in [1.82, 2.24) is 15.0 Å². The normalized spacial score (nSPS) is 15.0. The van der Waals surface area contributed by atoms with E-state index in [0.717, 1.165) is 23.8 Å². The molecule has 3 aromatic rings. The summed E-state index contributed by atoms with van der Waals surface area (Å²) in [5.74, 6) is 0.449. The molecule has 0 amide bonds. The maximum atomic E-state index is 13.4. The topological polar surface area (TPSA) is 72.0 Å². The van der Waals surface area contributed by atoms with Crippen LogP contribution in [0.25, 0.3) is 11.4 Å². The van der Waals surface area contributed by atoms with Crippen LogP contribution in [0.5, 0.6) is 5.75 Å². The predicted molar refractivity (Wildman–Crippen MR) is 106 cm³/mol. The Morgan fingerprint density at radius 3 is 2.66 bits per heavy atom. The highest BCUT2D eigenvalue weighted by atomic mass is 32.1. The quantitative estimate of drug-likeness (QED) is 0.609. The van der Waals surface area contributed by atoms with E-state index in [-0.39, 0.29) is 17.1 Å². The average molecular weight is 421 g/mol. The van der Waals surface area contributed by atoms with Crippen molar-refractivity contribution in [2.75, 3.05) is 17.7 Å². The molecule has 1 aliphatic rings. The van der Waals surface area contributed by atoms with E-state index < -0.39 is 11.7 Å². The number of alkyl halides is 3. The zero-order valence-electron chi connectivity index (χ0n) is 15.9. The van der Waals surface area contributed by atoms with Gasteiger partial charge in [-0.3, -0.25) is 4.98 Å². The minimum absolute atomic E-state index is 0.273. The fourth-order valence-corrected chi connectivity index (χ4v) is 3.82. The molecule has 0 aromatic carbocycles. The van der Waals surface area contributed by atoms with E-state index in [0.29, 0.717) is 16.5 Å². The van der Waals surface area contributed by atoms with Crippen molar-refractivity contribution in [3.8, 4) is 17.1 Å². The molecule has 1 aliphatic heterocycles. The molecule has 0 saturated carbocycles. The van der Waals surface area contributed by atoms with Gasteiger partial charge in [-0.2, -0.15) is 13.2 Å². The molecule has 3 aromatic heterocycles. The largest absolute Gasteiger partial charge is 0.486 e. The lowest BCUT2D eigenvalue weighted by molar-refractivity contribution is -0.137. The summed E-state index contributed by atoms with van der Waals surface area (Å²) in [4.78, 5) is 12.7. The van der Waals surface area contributed by atoms with Crippen LogP contribution in [-0.4, -0.2) is 27.6 Å². The van der Waals surface area contributed by atoms with Crippen molar-refractivity contribution in [1.29, 1.82) is 0 Å². The number of aromatic nitrogens is 3. The second-order valence-electron chi connectivity index (χ2n) is 7.25. The van der Waals surface area contributed by atoms with Crippen LogP contribution in [0.3, 0.4) is 0 Å². The summed E-state index contributed by atoms with van der Waals surface area (Å²) in [6.07, 6.45) is -0.804. The molecule has 2 N–H and O–H groups in total. The number of thiazole rings is 1. The molecule has 0 saturated heterocycles. The number of halogens is 3. The molecule has 0 atom stereocenters. The van der Waals surface area contributed by atoms with Crippen molar-refractivity contribution in [3.05, 3.63) is 41.0 Å². The Morgan fingerprint density at radius 2 is 1.93 bits per heavy atom. The first-order valence-corrected chi connectivity index (χ1v) is 9.68. The van der Waals surface area contributed by atoms with Gasteiger partial charge in [0.2, 0.25) is 0 Å². The predicted octanol–water partition coefficient (Wildman–Crippen LogP) is 5.12. The van der Waals surface area contributed by atoms with Gasteiger partial charge in [-0.15, -0.1) is 11.3 Å². The number of nitrogens with one attached hydrogen (secondary N) is 2. The third kappa shape index (κ3) is 3.98. The van der Waals surface area contributed by atoms with Crippen molar-refractivity contribution < 1.29 is 17.9 Å². The minimum Gasteiger partial charge on any atom is -0.486 e. The van der Waals surface area contributed by atoms with Crippen molar-refractivity contribution in [2.24, 2.45) is 0 Å². The molecule has 0 radical (unpaired) electrons. The Labute approximate surface area is 169 Å². The number of rotatable bonds is 4. The number of hydrogen-bond donors (Lipinski definition) is 2. The van der Waals surface area contributed by atoms with Crippen LogP contribution < -0.4 is 15.4 Å². The molecule has 4 heterocycles. The smallest absolute Gasteiger partial charge is 0.420 e. The van der Waals surface area contributed by atoms with Crippen molar-refractivity contribution in [2.45, 2.75) is 32.0 Å². The summed E-state index contributed by atoms with van der Waals surface area (Å²) in [7, 11) is 1.53. The molecule has 0 spiro atoms. The fraction of sp³-hybridized carbons (Fsp3) is 0.316. The van der Waals surface area contributed by atoms with Crippen molar-refractivity contribution in [3.63, 3.8) is 0 Å². The van der Waals surface area contributed by atoms with Crippen LogP contribution in [0, 0.1) is 0 Å². The number of fused-ring (bicyclic) bond motifs is 1. The Morgan fingerprint density at radius 1 is 1.14 bits per heavy atom. The zero-order valence-corrected chi connectivity index (χ0v) is 16.7. The maximum absolute atomic E-state index is 13.4. The van der Waals surface area contributed by atoms with Crippen LogP contribution in [0.1, 0.15) is 25.0 Å². The lowest BCUT2D eigenvalue weighted by Crippen LogP contribution is -2.24. The van der Waals surface area contributed by atoms with E-state index in [9.17, 15) is 13.2 Å². The third-order valence-corrected chi connectivity index (χ3v) is 5.18. The highest BCUT2D eigenvalue weighted by Gasteiger charge is 2.35. The number of hydrogen-bond acceptors (Lipinski definition) is 7. The highest BCUT2D eigenvalue weighted by molar-refractivity contribution is 7.14. The van der Waals surface area contributed by atoms with Gasteiger partial charge in [0, 0.05) is 24.4 Å². The maximum Gasteiger partial charge on any atom is 0.420 e. The number of anilines is 3. The van der Waals surface area contributed by atoms with Gasteiger partial charge in [0.25, 0.3) is 0 Å². The van der Waals surface area contributed by atoms with Gasteiger partial charge in [0.1, 0.15) is 28.4 Å². The fourth-order valence-electron chi connectivity index (χ4n) is 3.11. The Bertz CT molecular complexity index is 1060. The third-order valence-electron chi connectivity index (χ3n) is 4.42.